The van der Waals surface area contributed by atoms with Crippen molar-refractivity contribution in [1.29, 1.82) is 0 Å². The highest BCUT2D eigenvalue weighted by atomic mass is 28.3. The number of rotatable bonds is 5. The summed E-state index contributed by atoms with van der Waals surface area (Å²) in [5, 5.41) is 1.63. The van der Waals surface area contributed by atoms with Gasteiger partial charge in [-0.15, -0.1) is 0 Å². The maximum Gasteiger partial charge on any atom is 0.212 e. The van der Waals surface area contributed by atoms with Gasteiger partial charge in [0.1, 0.15) is 7.05 Å². The summed E-state index contributed by atoms with van der Waals surface area (Å²) in [6.45, 7) is 16.5. The van der Waals surface area contributed by atoms with E-state index in [1.54, 1.807) is 10.8 Å². The Bertz CT molecular complexity index is 721. The quantitative estimate of drug-likeness (QED) is 0.517. The van der Waals surface area contributed by atoms with Crippen LogP contribution in [0.4, 0.5) is 0 Å². The van der Waals surface area contributed by atoms with Gasteiger partial charge in [0.15, 0.2) is 6.20 Å². The van der Waals surface area contributed by atoms with Crippen molar-refractivity contribution in [2.45, 2.75) is 66.1 Å². The molecule has 0 aliphatic carbocycles. The molecule has 0 saturated carbocycles. The Kier molecular flexibility index (Phi) is 5.69. The molecule has 0 atom stereocenters. The van der Waals surface area contributed by atoms with Crippen LogP contribution in [-0.4, -0.2) is 8.07 Å². The first kappa shape index (κ1) is 18.9. The maximum absolute atomic E-state index is 2.50. The van der Waals surface area contributed by atoms with Crippen molar-refractivity contribution in [1.82, 2.24) is 0 Å². The number of aromatic nitrogens is 1. The zero-order chi connectivity index (χ0) is 18.1. The smallest absolute Gasteiger partial charge is 0.201 e. The molecule has 0 radical (unpaired) electrons. The van der Waals surface area contributed by atoms with Crippen LogP contribution in [0.15, 0.2) is 30.5 Å². The van der Waals surface area contributed by atoms with Gasteiger partial charge in [0, 0.05) is 17.2 Å². The highest BCUT2D eigenvalue weighted by molar-refractivity contribution is 6.89. The van der Waals surface area contributed by atoms with Gasteiger partial charge in [0.2, 0.25) is 5.69 Å². The van der Waals surface area contributed by atoms with Gasteiger partial charge in [0.25, 0.3) is 0 Å². The van der Waals surface area contributed by atoms with E-state index < -0.39 is 8.07 Å². The second-order valence-corrected chi connectivity index (χ2v) is 13.3. The van der Waals surface area contributed by atoms with Gasteiger partial charge in [-0.25, -0.2) is 4.57 Å². The maximum atomic E-state index is 2.50. The Hall–Kier alpha value is -1.41. The number of hydrogen-bond acceptors (Lipinski definition) is 0. The molecule has 1 aromatic carbocycles. The standard InChI is InChI=1S/C22H34NSi/c1-9-18(10-2)20-15-23(5)21(14-22(20)24(6,7)8)19-12-11-16(3)13-17(19)4/h11-15,18H,9-10H2,1-8H3/q+1. The van der Waals surface area contributed by atoms with E-state index in [4.69, 9.17) is 0 Å². The molecular weight excluding hydrogens is 306 g/mol. The highest BCUT2D eigenvalue weighted by Crippen LogP contribution is 2.26. The van der Waals surface area contributed by atoms with Gasteiger partial charge in [-0.05, 0) is 49.4 Å². The highest BCUT2D eigenvalue weighted by Gasteiger charge is 2.28. The predicted octanol–water partition coefficient (Wildman–Crippen LogP) is 5.24. The van der Waals surface area contributed by atoms with E-state index >= 15 is 0 Å². The lowest BCUT2D eigenvalue weighted by Crippen LogP contribution is -2.45. The molecular formula is C22H34NSi+. The van der Waals surface area contributed by atoms with Crippen molar-refractivity contribution in [2.75, 3.05) is 0 Å². The number of aryl methyl sites for hydroxylation is 3. The van der Waals surface area contributed by atoms with E-state index in [2.05, 4.69) is 89.4 Å². The fourth-order valence-electron chi connectivity index (χ4n) is 3.74. The predicted molar refractivity (Wildman–Crippen MR) is 109 cm³/mol. The Morgan fingerprint density at radius 1 is 1.00 bits per heavy atom. The molecule has 0 unspecified atom stereocenters. The van der Waals surface area contributed by atoms with E-state index in [1.807, 2.05) is 0 Å². The Balaban J connectivity index is 2.72. The van der Waals surface area contributed by atoms with Crippen LogP contribution in [0, 0.1) is 13.8 Å². The van der Waals surface area contributed by atoms with E-state index in [-0.39, 0.29) is 0 Å². The summed E-state index contributed by atoms with van der Waals surface area (Å²) in [6, 6.07) is 9.30. The van der Waals surface area contributed by atoms with Gasteiger partial charge in [-0.3, -0.25) is 0 Å². The van der Waals surface area contributed by atoms with Crippen molar-refractivity contribution in [3.63, 3.8) is 0 Å². The van der Waals surface area contributed by atoms with Crippen molar-refractivity contribution < 1.29 is 4.57 Å². The lowest BCUT2D eigenvalue weighted by molar-refractivity contribution is -0.660. The van der Waals surface area contributed by atoms with Crippen molar-refractivity contribution in [3.8, 4) is 11.3 Å². The molecule has 0 bridgehead atoms. The third-order valence-corrected chi connectivity index (χ3v) is 7.25. The molecule has 0 aliphatic rings. The van der Waals surface area contributed by atoms with Crippen LogP contribution in [0.2, 0.25) is 19.6 Å². The van der Waals surface area contributed by atoms with Crippen molar-refractivity contribution >= 4 is 13.3 Å². The van der Waals surface area contributed by atoms with E-state index in [9.17, 15) is 0 Å². The van der Waals surface area contributed by atoms with Crippen LogP contribution in [0.5, 0.6) is 0 Å². The number of benzene rings is 1. The van der Waals surface area contributed by atoms with Gasteiger partial charge in [-0.1, -0.05) is 51.2 Å². The summed E-state index contributed by atoms with van der Waals surface area (Å²) >= 11 is 0. The van der Waals surface area contributed by atoms with Gasteiger partial charge in [0.05, 0.1) is 8.07 Å². The summed E-state index contributed by atoms with van der Waals surface area (Å²) in [5.41, 5.74) is 6.98. The number of nitrogens with zero attached hydrogens (tertiary/aromatic N) is 1. The molecule has 1 nitrogen and oxygen atoms in total. The van der Waals surface area contributed by atoms with Crippen LogP contribution in [0.25, 0.3) is 11.3 Å². The van der Waals surface area contributed by atoms with Crippen LogP contribution < -0.4 is 9.75 Å². The topological polar surface area (TPSA) is 3.88 Å². The lowest BCUT2D eigenvalue weighted by atomic mass is 9.94. The zero-order valence-corrected chi connectivity index (χ0v) is 17.8. The van der Waals surface area contributed by atoms with E-state index in [1.165, 1.54) is 35.2 Å². The molecule has 0 amide bonds. The molecule has 0 N–H and O–H groups in total. The van der Waals surface area contributed by atoms with E-state index in [0.717, 1.165) is 0 Å². The summed E-state index contributed by atoms with van der Waals surface area (Å²) in [6.07, 6.45) is 4.85. The summed E-state index contributed by atoms with van der Waals surface area (Å²) in [4.78, 5) is 0. The largest absolute Gasteiger partial charge is 0.212 e. The van der Waals surface area contributed by atoms with Gasteiger partial charge >= 0.3 is 0 Å². The van der Waals surface area contributed by atoms with Crippen LogP contribution in [0.1, 0.15) is 49.3 Å². The second-order valence-electron chi connectivity index (χ2n) is 8.22. The molecule has 1 aromatic heterocycles. The average Bonchev–Trinajstić information content (AvgIpc) is 2.48. The monoisotopic (exact) mass is 340 g/mol. The normalized spacial score (nSPS) is 12.0. The molecule has 0 saturated heterocycles. The van der Waals surface area contributed by atoms with Crippen molar-refractivity contribution in [3.05, 3.63) is 47.2 Å². The lowest BCUT2D eigenvalue weighted by Gasteiger charge is -2.25. The Labute approximate surface area is 149 Å². The van der Waals surface area contributed by atoms with Crippen molar-refractivity contribution in [2.24, 2.45) is 7.05 Å². The average molecular weight is 341 g/mol. The molecule has 2 heteroatoms. The minimum Gasteiger partial charge on any atom is -0.201 e. The minimum atomic E-state index is -1.40. The van der Waals surface area contributed by atoms with Crippen LogP contribution >= 0.6 is 0 Å². The van der Waals surface area contributed by atoms with E-state index in [0.29, 0.717) is 5.92 Å². The molecule has 0 aliphatic heterocycles. The first-order valence-corrected chi connectivity index (χ1v) is 12.8. The molecule has 130 valence electrons. The first-order valence-electron chi connectivity index (χ1n) is 9.30. The molecule has 2 rings (SSSR count). The number of hydrogen-bond donors (Lipinski definition) is 0. The molecule has 0 fully saturated rings. The second kappa shape index (κ2) is 7.22. The van der Waals surface area contributed by atoms with Crippen LogP contribution in [-0.2, 0) is 7.05 Å². The SMILES string of the molecule is CCC(CC)c1c[n+](C)c(-c2ccc(C)cc2C)cc1[Si](C)(C)C. The fraction of sp³-hybridized carbons (Fsp3) is 0.500. The summed E-state index contributed by atoms with van der Waals surface area (Å²) in [5.74, 6) is 0.672. The zero-order valence-electron chi connectivity index (χ0n) is 16.8. The summed E-state index contributed by atoms with van der Waals surface area (Å²) in [7, 11) is 0.801. The number of pyridine rings is 1. The van der Waals surface area contributed by atoms with Gasteiger partial charge in [-0.2, -0.15) is 0 Å². The minimum absolute atomic E-state index is 0.672. The van der Waals surface area contributed by atoms with Crippen LogP contribution in [0.3, 0.4) is 0 Å². The Morgan fingerprint density at radius 3 is 2.12 bits per heavy atom. The van der Waals surface area contributed by atoms with Gasteiger partial charge < -0.3 is 0 Å². The fourth-order valence-corrected chi connectivity index (χ4v) is 5.45. The Morgan fingerprint density at radius 2 is 1.62 bits per heavy atom. The molecule has 0 spiro atoms. The third-order valence-electron chi connectivity index (χ3n) is 5.20. The summed E-state index contributed by atoms with van der Waals surface area (Å²) < 4.78 is 2.34. The molecule has 24 heavy (non-hydrogen) atoms. The molecule has 2 aromatic rings. The third kappa shape index (κ3) is 3.80. The first-order chi connectivity index (χ1) is 11.2. The molecule has 1 heterocycles.